The van der Waals surface area contributed by atoms with Crippen molar-refractivity contribution < 1.29 is 0 Å². The van der Waals surface area contributed by atoms with Crippen LogP contribution in [0.1, 0.15) is 72.1 Å². The van der Waals surface area contributed by atoms with Crippen molar-refractivity contribution >= 4 is 0 Å². The van der Waals surface area contributed by atoms with Crippen molar-refractivity contribution in [2.24, 2.45) is 5.92 Å². The van der Waals surface area contributed by atoms with Crippen molar-refractivity contribution in [2.45, 2.75) is 72.1 Å². The maximum Gasteiger partial charge on any atom is -0.0169 e. The molecule has 0 N–H and O–H groups in total. The summed E-state index contributed by atoms with van der Waals surface area (Å²) in [5.74, 6) is 0.854. The molecular formula is C20H34. The fourth-order valence-electron chi connectivity index (χ4n) is 1.91. The lowest BCUT2D eigenvalue weighted by Gasteiger charge is -2.01. The molecule has 20 heavy (non-hydrogen) atoms. The van der Waals surface area contributed by atoms with Gasteiger partial charge in [-0.3, -0.25) is 0 Å². The van der Waals surface area contributed by atoms with Crippen molar-refractivity contribution in [2.75, 3.05) is 0 Å². The molecule has 0 fully saturated rings. The lowest BCUT2D eigenvalue weighted by atomic mass is 10.1. The van der Waals surface area contributed by atoms with Crippen LogP contribution in [0.4, 0.5) is 0 Å². The van der Waals surface area contributed by atoms with E-state index in [9.17, 15) is 0 Å². The highest BCUT2D eigenvalue weighted by Crippen LogP contribution is 2.08. The predicted molar refractivity (Wildman–Crippen MR) is 94.0 cm³/mol. The van der Waals surface area contributed by atoms with Gasteiger partial charge < -0.3 is 0 Å². The summed E-state index contributed by atoms with van der Waals surface area (Å²) in [5.41, 5.74) is 0. The van der Waals surface area contributed by atoms with E-state index in [0.717, 1.165) is 31.6 Å². The first-order valence-electron chi connectivity index (χ1n) is 8.37. The molecule has 0 nitrogen and oxygen atoms in total. The first kappa shape index (κ1) is 19.0. The van der Waals surface area contributed by atoms with Gasteiger partial charge in [-0.05, 0) is 44.4 Å². The molecule has 0 amide bonds. The molecule has 0 heterocycles. The topological polar surface area (TPSA) is 0 Å². The van der Waals surface area contributed by atoms with Crippen LogP contribution in [0.5, 0.6) is 0 Å². The molecule has 0 rings (SSSR count). The Balaban J connectivity index is 3.36. The Morgan fingerprint density at radius 3 is 1.65 bits per heavy atom. The van der Waals surface area contributed by atoms with Crippen LogP contribution in [0, 0.1) is 5.92 Å². The zero-order valence-corrected chi connectivity index (χ0v) is 13.9. The van der Waals surface area contributed by atoms with Crippen molar-refractivity contribution in [3.05, 3.63) is 48.6 Å². The Kier molecular flexibility index (Phi) is 15.2. The standard InChI is InChI=1S/C20H34/c1-4-5-6-7-8-9-10-11-12-13-14-15-16-17-18-19-20(2)3/h5-6,8-9,11-12,14-15,20H,4,7,10,13,16-19H2,1-3H3/b6-5-,9-8-,12-11-,15-14-. The first-order valence-corrected chi connectivity index (χ1v) is 8.37. The van der Waals surface area contributed by atoms with Crippen LogP contribution in [0.15, 0.2) is 48.6 Å². The van der Waals surface area contributed by atoms with Gasteiger partial charge in [0, 0.05) is 0 Å². The van der Waals surface area contributed by atoms with Crippen LogP contribution in [-0.2, 0) is 0 Å². The van der Waals surface area contributed by atoms with Crippen LogP contribution >= 0.6 is 0 Å². The van der Waals surface area contributed by atoms with Crippen LogP contribution in [0.2, 0.25) is 0 Å². The fraction of sp³-hybridized carbons (Fsp3) is 0.600. The molecule has 0 aliphatic heterocycles. The normalized spacial score (nSPS) is 13.0. The number of allylic oxidation sites excluding steroid dienone is 8. The van der Waals surface area contributed by atoms with E-state index < -0.39 is 0 Å². The minimum atomic E-state index is 0.854. The summed E-state index contributed by atoms with van der Waals surface area (Å²) < 4.78 is 0. The SMILES string of the molecule is CC/C=C\C/C=C\C/C=C\C/C=C\CCCCC(C)C. The van der Waals surface area contributed by atoms with E-state index in [0.29, 0.717) is 0 Å². The van der Waals surface area contributed by atoms with Crippen LogP contribution in [0.3, 0.4) is 0 Å². The second kappa shape index (κ2) is 16.0. The fourth-order valence-corrected chi connectivity index (χ4v) is 1.91. The highest BCUT2D eigenvalue weighted by atomic mass is 14.0. The second-order valence-electron chi connectivity index (χ2n) is 5.68. The maximum absolute atomic E-state index is 2.33. The Labute approximate surface area is 127 Å². The quantitative estimate of drug-likeness (QED) is 0.265. The summed E-state index contributed by atoms with van der Waals surface area (Å²) in [6, 6.07) is 0. The van der Waals surface area contributed by atoms with E-state index in [1.165, 1.54) is 25.7 Å². The van der Waals surface area contributed by atoms with Gasteiger partial charge in [0.1, 0.15) is 0 Å². The van der Waals surface area contributed by atoms with Gasteiger partial charge in [-0.2, -0.15) is 0 Å². The minimum absolute atomic E-state index is 0.854. The van der Waals surface area contributed by atoms with E-state index in [4.69, 9.17) is 0 Å². The molecule has 0 aromatic heterocycles. The summed E-state index contributed by atoms with van der Waals surface area (Å²) in [4.78, 5) is 0. The molecule has 0 saturated carbocycles. The lowest BCUT2D eigenvalue weighted by molar-refractivity contribution is 0.540. The molecule has 0 spiro atoms. The average molecular weight is 274 g/mol. The van der Waals surface area contributed by atoms with Crippen LogP contribution < -0.4 is 0 Å². The zero-order valence-electron chi connectivity index (χ0n) is 13.9. The predicted octanol–water partition coefficient (Wildman–Crippen LogP) is 7.01. The van der Waals surface area contributed by atoms with E-state index in [1.54, 1.807) is 0 Å². The van der Waals surface area contributed by atoms with Crippen molar-refractivity contribution in [1.82, 2.24) is 0 Å². The third kappa shape index (κ3) is 17.0. The summed E-state index contributed by atoms with van der Waals surface area (Å²) in [5, 5.41) is 0. The molecular weight excluding hydrogens is 240 g/mol. The molecule has 0 heteroatoms. The number of hydrogen-bond acceptors (Lipinski definition) is 0. The van der Waals surface area contributed by atoms with Gasteiger partial charge in [0.25, 0.3) is 0 Å². The smallest absolute Gasteiger partial charge is 0.0169 e. The summed E-state index contributed by atoms with van der Waals surface area (Å²) >= 11 is 0. The molecule has 0 aromatic carbocycles. The number of rotatable bonds is 12. The Morgan fingerprint density at radius 1 is 0.650 bits per heavy atom. The zero-order chi connectivity index (χ0) is 14.9. The molecule has 0 aliphatic rings. The van der Waals surface area contributed by atoms with Gasteiger partial charge >= 0.3 is 0 Å². The van der Waals surface area contributed by atoms with Gasteiger partial charge in [0.05, 0.1) is 0 Å². The second-order valence-corrected chi connectivity index (χ2v) is 5.68. The Bertz CT molecular complexity index is 289. The molecule has 0 radical (unpaired) electrons. The summed E-state index contributed by atoms with van der Waals surface area (Å²) in [6.45, 7) is 6.77. The van der Waals surface area contributed by atoms with Crippen molar-refractivity contribution in [1.29, 1.82) is 0 Å². The van der Waals surface area contributed by atoms with E-state index in [-0.39, 0.29) is 0 Å². The van der Waals surface area contributed by atoms with E-state index in [1.807, 2.05) is 0 Å². The molecule has 0 aliphatic carbocycles. The summed E-state index contributed by atoms with van der Waals surface area (Å²) in [6.07, 6.45) is 27.7. The molecule has 0 atom stereocenters. The van der Waals surface area contributed by atoms with Gasteiger partial charge in [-0.1, -0.05) is 82.2 Å². The Hall–Kier alpha value is -1.04. The average Bonchev–Trinajstić information content (AvgIpc) is 2.43. The number of hydrogen-bond donors (Lipinski definition) is 0. The molecule has 0 bridgehead atoms. The van der Waals surface area contributed by atoms with Crippen LogP contribution in [-0.4, -0.2) is 0 Å². The highest BCUT2D eigenvalue weighted by molar-refractivity contribution is 4.99. The molecule has 0 unspecified atom stereocenters. The third-order valence-corrected chi connectivity index (χ3v) is 3.12. The highest BCUT2D eigenvalue weighted by Gasteiger charge is 1.91. The lowest BCUT2D eigenvalue weighted by Crippen LogP contribution is -1.85. The van der Waals surface area contributed by atoms with E-state index in [2.05, 4.69) is 69.4 Å². The monoisotopic (exact) mass is 274 g/mol. The molecule has 0 aromatic rings. The third-order valence-electron chi connectivity index (χ3n) is 3.12. The first-order chi connectivity index (χ1) is 9.77. The maximum atomic E-state index is 2.33. The largest absolute Gasteiger partial charge is 0.0885 e. The van der Waals surface area contributed by atoms with E-state index >= 15 is 0 Å². The van der Waals surface area contributed by atoms with Crippen molar-refractivity contribution in [3.63, 3.8) is 0 Å². The van der Waals surface area contributed by atoms with Gasteiger partial charge in [0.15, 0.2) is 0 Å². The van der Waals surface area contributed by atoms with Gasteiger partial charge in [-0.15, -0.1) is 0 Å². The van der Waals surface area contributed by atoms with Crippen molar-refractivity contribution in [3.8, 4) is 0 Å². The minimum Gasteiger partial charge on any atom is -0.0885 e. The van der Waals surface area contributed by atoms with Gasteiger partial charge in [0.2, 0.25) is 0 Å². The molecule has 0 saturated heterocycles. The number of unbranched alkanes of at least 4 members (excludes halogenated alkanes) is 2. The van der Waals surface area contributed by atoms with Gasteiger partial charge in [-0.25, -0.2) is 0 Å². The Morgan fingerprint density at radius 2 is 1.15 bits per heavy atom. The molecule has 114 valence electrons. The summed E-state index contributed by atoms with van der Waals surface area (Å²) in [7, 11) is 0. The van der Waals surface area contributed by atoms with Crippen LogP contribution in [0.25, 0.3) is 0 Å².